The first kappa shape index (κ1) is 25.4. The highest BCUT2D eigenvalue weighted by atomic mass is 16.5. The van der Waals surface area contributed by atoms with E-state index in [9.17, 15) is 14.7 Å². The van der Waals surface area contributed by atoms with Crippen LogP contribution in [-0.4, -0.2) is 59.3 Å². The Kier molecular flexibility index (Phi) is 7.47. The fourth-order valence-electron chi connectivity index (χ4n) is 7.39. The molecule has 3 saturated carbocycles. The summed E-state index contributed by atoms with van der Waals surface area (Å²) in [5.74, 6) is 2.80. The summed E-state index contributed by atoms with van der Waals surface area (Å²) in [4.78, 5) is 27.2. The van der Waals surface area contributed by atoms with Crippen molar-refractivity contribution in [3.05, 3.63) is 29.8 Å². The summed E-state index contributed by atoms with van der Waals surface area (Å²) in [6.07, 6.45) is 8.97. The Hall–Kier alpha value is -2.28. The van der Waals surface area contributed by atoms with E-state index < -0.39 is 5.60 Å². The first-order valence-electron chi connectivity index (χ1n) is 14.1. The Balaban J connectivity index is 1.08. The largest absolute Gasteiger partial charge is 0.494 e. The van der Waals surface area contributed by atoms with Crippen LogP contribution in [0, 0.1) is 23.7 Å². The summed E-state index contributed by atoms with van der Waals surface area (Å²) in [6, 6.07) is 7.85. The molecule has 0 aromatic heterocycles. The number of rotatable bonds is 7. The molecule has 1 aromatic carbocycles. The number of nitrogens with zero attached hydrogens (tertiary/aromatic N) is 1. The Morgan fingerprint density at radius 2 is 1.94 bits per heavy atom. The highest BCUT2D eigenvalue weighted by molar-refractivity contribution is 5.94. The highest BCUT2D eigenvalue weighted by Gasteiger charge is 2.53. The Labute approximate surface area is 215 Å². The zero-order valence-corrected chi connectivity index (χ0v) is 21.9. The van der Waals surface area contributed by atoms with Gasteiger partial charge in [0.25, 0.3) is 5.91 Å². The number of amides is 3. The molecule has 3 aliphatic carbocycles. The van der Waals surface area contributed by atoms with Crippen LogP contribution in [0.5, 0.6) is 5.75 Å². The minimum Gasteiger partial charge on any atom is -0.494 e. The lowest BCUT2D eigenvalue weighted by Gasteiger charge is -2.33. The summed E-state index contributed by atoms with van der Waals surface area (Å²) < 4.78 is 6.03. The number of hydrogen-bond acceptors (Lipinski definition) is 4. The summed E-state index contributed by atoms with van der Waals surface area (Å²) in [5, 5.41) is 17.2. The maximum Gasteiger partial charge on any atom is 0.317 e. The molecule has 0 spiro atoms. The van der Waals surface area contributed by atoms with Gasteiger partial charge in [0.05, 0.1) is 12.2 Å². The molecular formula is C29H43N3O4. The minimum atomic E-state index is -0.494. The van der Waals surface area contributed by atoms with Crippen molar-refractivity contribution in [3.63, 3.8) is 0 Å². The predicted octanol–water partition coefficient (Wildman–Crippen LogP) is 4.35. The topological polar surface area (TPSA) is 90.9 Å². The monoisotopic (exact) mass is 497 g/mol. The number of carbonyl (C=O) groups is 2. The standard InChI is InChI=1S/C29H43N3O4/c1-19(2)30-28(34)32-11-8-20(9-12-32)10-13-36-24-5-3-4-22(15-24)27(33)31-26-7-6-21-14-23-17-29(35,16-21)18-25(23)26/h3-5,15,19-21,23,25-26,35H,6-14,16-18H2,1-2H3,(H,30,34)(H,31,33). The Morgan fingerprint density at radius 1 is 1.14 bits per heavy atom. The molecule has 1 heterocycles. The van der Waals surface area contributed by atoms with E-state index in [4.69, 9.17) is 4.74 Å². The van der Waals surface area contributed by atoms with Crippen LogP contribution in [0.4, 0.5) is 4.79 Å². The number of aliphatic hydroxyl groups is 1. The van der Waals surface area contributed by atoms with Crippen LogP contribution in [0.1, 0.15) is 82.0 Å². The molecule has 5 unspecified atom stereocenters. The van der Waals surface area contributed by atoms with Gasteiger partial charge in [-0.3, -0.25) is 4.79 Å². The van der Waals surface area contributed by atoms with Crippen molar-refractivity contribution >= 4 is 11.9 Å². The average molecular weight is 498 g/mol. The molecule has 198 valence electrons. The van der Waals surface area contributed by atoms with Crippen LogP contribution >= 0.6 is 0 Å². The Bertz CT molecular complexity index is 944. The van der Waals surface area contributed by atoms with Gasteiger partial charge in [-0.15, -0.1) is 0 Å². The number of urea groups is 1. The number of hydrogen-bond donors (Lipinski definition) is 3. The number of piperidine rings is 1. The molecule has 3 bridgehead atoms. The zero-order chi connectivity index (χ0) is 25.3. The summed E-state index contributed by atoms with van der Waals surface area (Å²) in [6.45, 7) is 6.16. The third-order valence-corrected chi connectivity index (χ3v) is 9.09. The van der Waals surface area contributed by atoms with E-state index in [0.29, 0.717) is 35.8 Å². The first-order valence-corrected chi connectivity index (χ1v) is 14.1. The van der Waals surface area contributed by atoms with Gasteiger partial charge in [-0.05, 0) is 114 Å². The molecule has 1 aromatic rings. The van der Waals surface area contributed by atoms with Crippen molar-refractivity contribution in [1.29, 1.82) is 0 Å². The normalized spacial score (nSPS) is 31.8. The van der Waals surface area contributed by atoms with Crippen molar-refractivity contribution in [2.75, 3.05) is 19.7 Å². The number of benzene rings is 1. The third-order valence-electron chi connectivity index (χ3n) is 9.09. The van der Waals surface area contributed by atoms with Gasteiger partial charge >= 0.3 is 6.03 Å². The van der Waals surface area contributed by atoms with Gasteiger partial charge in [-0.25, -0.2) is 4.79 Å². The third kappa shape index (κ3) is 5.82. The van der Waals surface area contributed by atoms with Gasteiger partial charge < -0.3 is 25.4 Å². The van der Waals surface area contributed by atoms with Crippen molar-refractivity contribution < 1.29 is 19.4 Å². The second kappa shape index (κ2) is 10.6. The van der Waals surface area contributed by atoms with Crippen LogP contribution in [-0.2, 0) is 0 Å². The van der Waals surface area contributed by atoms with Gasteiger partial charge in [-0.1, -0.05) is 6.07 Å². The van der Waals surface area contributed by atoms with E-state index in [1.165, 1.54) is 6.42 Å². The molecule has 5 atom stereocenters. The van der Waals surface area contributed by atoms with Crippen LogP contribution in [0.2, 0.25) is 0 Å². The second-order valence-corrected chi connectivity index (χ2v) is 12.2. The van der Waals surface area contributed by atoms with E-state index in [-0.39, 0.29) is 24.0 Å². The first-order chi connectivity index (χ1) is 17.3. The average Bonchev–Trinajstić information content (AvgIpc) is 3.02. The predicted molar refractivity (Wildman–Crippen MR) is 139 cm³/mol. The van der Waals surface area contributed by atoms with Crippen LogP contribution in [0.15, 0.2) is 24.3 Å². The molecule has 1 saturated heterocycles. The van der Waals surface area contributed by atoms with E-state index >= 15 is 0 Å². The number of ether oxygens (including phenoxy) is 1. The molecule has 36 heavy (non-hydrogen) atoms. The van der Waals surface area contributed by atoms with Crippen LogP contribution < -0.4 is 15.4 Å². The van der Waals surface area contributed by atoms with Gasteiger partial charge in [0.2, 0.25) is 0 Å². The molecule has 0 radical (unpaired) electrons. The van der Waals surface area contributed by atoms with Crippen LogP contribution in [0.25, 0.3) is 0 Å². The van der Waals surface area contributed by atoms with Gasteiger partial charge in [0, 0.05) is 30.7 Å². The highest BCUT2D eigenvalue weighted by Crippen LogP contribution is 2.55. The Morgan fingerprint density at radius 3 is 2.72 bits per heavy atom. The molecule has 7 nitrogen and oxygen atoms in total. The molecule has 3 amide bonds. The summed E-state index contributed by atoms with van der Waals surface area (Å²) in [7, 11) is 0. The van der Waals surface area contributed by atoms with Gasteiger partial charge in [-0.2, -0.15) is 0 Å². The molecular weight excluding hydrogens is 454 g/mol. The van der Waals surface area contributed by atoms with Crippen LogP contribution in [0.3, 0.4) is 0 Å². The van der Waals surface area contributed by atoms with Crippen molar-refractivity contribution in [2.24, 2.45) is 23.7 Å². The molecule has 5 rings (SSSR count). The van der Waals surface area contributed by atoms with E-state index in [2.05, 4.69) is 10.6 Å². The number of nitrogens with one attached hydrogen (secondary N) is 2. The van der Waals surface area contributed by atoms with Gasteiger partial charge in [0.1, 0.15) is 5.75 Å². The SMILES string of the molecule is CC(C)NC(=O)N1CCC(CCOc2cccc(C(=O)NC3CCC4CC5CC(O)(C4)CC53)c2)CC1. The van der Waals surface area contributed by atoms with E-state index in [0.717, 1.165) is 70.2 Å². The zero-order valence-electron chi connectivity index (χ0n) is 21.9. The molecule has 4 fully saturated rings. The molecule has 3 N–H and O–H groups in total. The maximum absolute atomic E-state index is 13.1. The second-order valence-electron chi connectivity index (χ2n) is 12.2. The minimum absolute atomic E-state index is 0.0364. The van der Waals surface area contributed by atoms with Crippen molar-refractivity contribution in [3.8, 4) is 5.75 Å². The molecule has 4 aliphatic rings. The van der Waals surface area contributed by atoms with Gasteiger partial charge in [0.15, 0.2) is 0 Å². The number of fused-ring (bicyclic) bond motifs is 2. The lowest BCUT2D eigenvalue weighted by Crippen LogP contribution is -2.46. The summed E-state index contributed by atoms with van der Waals surface area (Å²) in [5.41, 5.74) is 0.145. The summed E-state index contributed by atoms with van der Waals surface area (Å²) >= 11 is 0. The van der Waals surface area contributed by atoms with Crippen molar-refractivity contribution in [2.45, 2.75) is 89.3 Å². The smallest absolute Gasteiger partial charge is 0.317 e. The lowest BCUT2D eigenvalue weighted by atomic mass is 9.77. The number of likely N-dealkylation sites (tertiary alicyclic amines) is 1. The molecule has 7 heteroatoms. The molecule has 1 aliphatic heterocycles. The van der Waals surface area contributed by atoms with E-state index in [1.54, 1.807) is 0 Å². The van der Waals surface area contributed by atoms with E-state index in [1.807, 2.05) is 43.0 Å². The fraction of sp³-hybridized carbons (Fsp3) is 0.724. The lowest BCUT2D eigenvalue weighted by molar-refractivity contribution is -0.00594. The quantitative estimate of drug-likeness (QED) is 0.523. The van der Waals surface area contributed by atoms with Crippen molar-refractivity contribution in [1.82, 2.24) is 15.5 Å². The maximum atomic E-state index is 13.1. The number of carbonyl (C=O) groups excluding carboxylic acids is 2. The fourth-order valence-corrected chi connectivity index (χ4v) is 7.39.